The number of rotatable bonds is 8. The fourth-order valence-electron chi connectivity index (χ4n) is 2.26. The average molecular weight is 283 g/mol. The quantitative estimate of drug-likeness (QED) is 0.720. The van der Waals surface area contributed by atoms with Gasteiger partial charge in [0.25, 0.3) is 0 Å². The van der Waals surface area contributed by atoms with Crippen molar-refractivity contribution in [3.05, 3.63) is 54.6 Å². The Hall–Kier alpha value is -1.80. The van der Waals surface area contributed by atoms with Crippen LogP contribution in [0.15, 0.2) is 54.6 Å². The zero-order valence-electron chi connectivity index (χ0n) is 13.0. The summed E-state index contributed by atoms with van der Waals surface area (Å²) in [7, 11) is 0. The first kappa shape index (κ1) is 15.6. The minimum absolute atomic E-state index is 0.235. The van der Waals surface area contributed by atoms with Crippen molar-refractivity contribution in [1.29, 1.82) is 0 Å². The highest BCUT2D eigenvalue weighted by molar-refractivity contribution is 5.63. The van der Waals surface area contributed by atoms with Crippen LogP contribution in [0.1, 0.15) is 26.7 Å². The minimum atomic E-state index is 0.235. The molecule has 0 aliphatic rings. The molecule has 2 aromatic carbocycles. The van der Waals surface area contributed by atoms with Gasteiger partial charge in [0.1, 0.15) is 11.9 Å². The second-order valence-corrected chi connectivity index (χ2v) is 5.24. The summed E-state index contributed by atoms with van der Waals surface area (Å²) in [5.74, 6) is 0.944. The second-order valence-electron chi connectivity index (χ2n) is 5.24. The standard InChI is InChI=1S/C19H25NO/c1-3-14-20-15-18(4-2)21-19-12-10-17(11-13-19)16-8-6-5-7-9-16/h5-13,18,20H,3-4,14-15H2,1-2H3. The van der Waals surface area contributed by atoms with Crippen molar-refractivity contribution < 1.29 is 4.74 Å². The topological polar surface area (TPSA) is 21.3 Å². The van der Waals surface area contributed by atoms with Gasteiger partial charge >= 0.3 is 0 Å². The van der Waals surface area contributed by atoms with Gasteiger partial charge in [0.15, 0.2) is 0 Å². The number of nitrogens with one attached hydrogen (secondary N) is 1. The third-order valence-corrected chi connectivity index (χ3v) is 3.52. The predicted octanol–water partition coefficient (Wildman–Crippen LogP) is 4.51. The van der Waals surface area contributed by atoms with Crippen molar-refractivity contribution in [2.75, 3.05) is 13.1 Å². The van der Waals surface area contributed by atoms with Crippen LogP contribution in [-0.2, 0) is 0 Å². The molecular weight excluding hydrogens is 258 g/mol. The predicted molar refractivity (Wildman–Crippen MR) is 89.7 cm³/mol. The van der Waals surface area contributed by atoms with E-state index in [4.69, 9.17) is 4.74 Å². The van der Waals surface area contributed by atoms with Gasteiger partial charge in [-0.3, -0.25) is 0 Å². The summed E-state index contributed by atoms with van der Waals surface area (Å²) in [4.78, 5) is 0. The first-order valence-corrected chi connectivity index (χ1v) is 7.86. The van der Waals surface area contributed by atoms with Gasteiger partial charge in [-0.15, -0.1) is 0 Å². The number of benzene rings is 2. The Balaban J connectivity index is 1.95. The molecule has 0 fully saturated rings. The highest BCUT2D eigenvalue weighted by Crippen LogP contribution is 2.22. The molecule has 2 heteroatoms. The van der Waals surface area contributed by atoms with Gasteiger partial charge in [-0.05, 0) is 42.6 Å². The molecule has 21 heavy (non-hydrogen) atoms. The highest BCUT2D eigenvalue weighted by atomic mass is 16.5. The van der Waals surface area contributed by atoms with Gasteiger partial charge in [0, 0.05) is 6.54 Å². The van der Waals surface area contributed by atoms with Crippen molar-refractivity contribution in [1.82, 2.24) is 5.32 Å². The number of ether oxygens (including phenoxy) is 1. The van der Waals surface area contributed by atoms with Gasteiger partial charge in [0.05, 0.1) is 0 Å². The van der Waals surface area contributed by atoms with Crippen LogP contribution in [0.5, 0.6) is 5.75 Å². The van der Waals surface area contributed by atoms with E-state index in [0.29, 0.717) is 0 Å². The summed E-state index contributed by atoms with van der Waals surface area (Å²) in [5.41, 5.74) is 2.46. The zero-order chi connectivity index (χ0) is 14.9. The molecule has 0 amide bonds. The SMILES string of the molecule is CCCNCC(CC)Oc1ccc(-c2ccccc2)cc1. The molecule has 1 atom stereocenters. The summed E-state index contributed by atoms with van der Waals surface area (Å²) in [6, 6.07) is 18.8. The summed E-state index contributed by atoms with van der Waals surface area (Å²) in [6.07, 6.45) is 2.40. The molecule has 112 valence electrons. The molecule has 0 saturated heterocycles. The Morgan fingerprint density at radius 3 is 2.19 bits per heavy atom. The molecule has 2 rings (SSSR count). The Morgan fingerprint density at radius 1 is 0.905 bits per heavy atom. The fraction of sp³-hybridized carbons (Fsp3) is 0.368. The maximum Gasteiger partial charge on any atom is 0.119 e. The van der Waals surface area contributed by atoms with Crippen LogP contribution < -0.4 is 10.1 Å². The maximum absolute atomic E-state index is 6.04. The van der Waals surface area contributed by atoms with E-state index in [9.17, 15) is 0 Å². The first-order valence-electron chi connectivity index (χ1n) is 7.86. The molecule has 0 radical (unpaired) electrons. The number of hydrogen-bond donors (Lipinski definition) is 1. The van der Waals surface area contributed by atoms with E-state index in [1.54, 1.807) is 0 Å². The van der Waals surface area contributed by atoms with Gasteiger partial charge < -0.3 is 10.1 Å². The second kappa shape index (κ2) is 8.48. The molecule has 0 aliphatic heterocycles. The zero-order valence-corrected chi connectivity index (χ0v) is 13.0. The van der Waals surface area contributed by atoms with Crippen molar-refractivity contribution in [3.8, 4) is 16.9 Å². The van der Waals surface area contributed by atoms with Crippen LogP contribution in [0.25, 0.3) is 11.1 Å². The van der Waals surface area contributed by atoms with Crippen LogP contribution in [0.4, 0.5) is 0 Å². The van der Waals surface area contributed by atoms with E-state index in [1.807, 2.05) is 6.07 Å². The molecule has 2 nitrogen and oxygen atoms in total. The highest BCUT2D eigenvalue weighted by Gasteiger charge is 2.07. The van der Waals surface area contributed by atoms with Crippen molar-refractivity contribution in [2.45, 2.75) is 32.8 Å². The van der Waals surface area contributed by atoms with Gasteiger partial charge in [0.2, 0.25) is 0 Å². The van der Waals surface area contributed by atoms with E-state index in [0.717, 1.165) is 31.7 Å². The molecule has 0 aliphatic carbocycles. The molecule has 0 heterocycles. The lowest BCUT2D eigenvalue weighted by Crippen LogP contribution is -2.31. The van der Waals surface area contributed by atoms with Crippen molar-refractivity contribution >= 4 is 0 Å². The molecular formula is C19H25NO. The molecule has 0 spiro atoms. The van der Waals surface area contributed by atoms with Gasteiger partial charge in [-0.1, -0.05) is 56.3 Å². The molecule has 1 N–H and O–H groups in total. The van der Waals surface area contributed by atoms with Crippen LogP contribution >= 0.6 is 0 Å². The molecule has 2 aromatic rings. The average Bonchev–Trinajstić information content (AvgIpc) is 2.55. The molecule has 0 bridgehead atoms. The maximum atomic E-state index is 6.04. The normalized spacial score (nSPS) is 12.1. The largest absolute Gasteiger partial charge is 0.489 e. The molecule has 1 unspecified atom stereocenters. The van der Waals surface area contributed by atoms with E-state index in [-0.39, 0.29) is 6.10 Å². The fourth-order valence-corrected chi connectivity index (χ4v) is 2.26. The minimum Gasteiger partial charge on any atom is -0.489 e. The van der Waals surface area contributed by atoms with Crippen LogP contribution in [0, 0.1) is 0 Å². The Kier molecular flexibility index (Phi) is 6.29. The lowest BCUT2D eigenvalue weighted by atomic mass is 10.1. The van der Waals surface area contributed by atoms with E-state index in [1.165, 1.54) is 11.1 Å². The van der Waals surface area contributed by atoms with Crippen molar-refractivity contribution in [2.24, 2.45) is 0 Å². The van der Waals surface area contributed by atoms with E-state index >= 15 is 0 Å². The lowest BCUT2D eigenvalue weighted by Gasteiger charge is -2.18. The lowest BCUT2D eigenvalue weighted by molar-refractivity contribution is 0.193. The van der Waals surface area contributed by atoms with Gasteiger partial charge in [-0.25, -0.2) is 0 Å². The third-order valence-electron chi connectivity index (χ3n) is 3.52. The van der Waals surface area contributed by atoms with Crippen LogP contribution in [-0.4, -0.2) is 19.2 Å². The molecule has 0 saturated carbocycles. The van der Waals surface area contributed by atoms with Crippen molar-refractivity contribution in [3.63, 3.8) is 0 Å². The smallest absolute Gasteiger partial charge is 0.119 e. The number of hydrogen-bond acceptors (Lipinski definition) is 2. The van der Waals surface area contributed by atoms with Crippen LogP contribution in [0.3, 0.4) is 0 Å². The van der Waals surface area contributed by atoms with E-state index < -0.39 is 0 Å². The summed E-state index contributed by atoms with van der Waals surface area (Å²) in [5, 5.41) is 3.42. The Morgan fingerprint density at radius 2 is 1.57 bits per heavy atom. The van der Waals surface area contributed by atoms with Crippen LogP contribution in [0.2, 0.25) is 0 Å². The first-order chi connectivity index (χ1) is 10.3. The molecule has 0 aromatic heterocycles. The summed E-state index contributed by atoms with van der Waals surface area (Å²) in [6.45, 7) is 6.30. The van der Waals surface area contributed by atoms with E-state index in [2.05, 4.69) is 67.7 Å². The third kappa shape index (κ3) is 4.91. The summed E-state index contributed by atoms with van der Waals surface area (Å²) < 4.78 is 6.04. The Labute approximate surface area is 128 Å². The monoisotopic (exact) mass is 283 g/mol. The van der Waals surface area contributed by atoms with Gasteiger partial charge in [-0.2, -0.15) is 0 Å². The summed E-state index contributed by atoms with van der Waals surface area (Å²) >= 11 is 0. The Bertz CT molecular complexity index is 507.